The topological polar surface area (TPSA) is 84.7 Å². The van der Waals surface area contributed by atoms with Gasteiger partial charge in [-0.2, -0.15) is 0 Å². The van der Waals surface area contributed by atoms with E-state index in [1.54, 1.807) is 4.90 Å². The molecule has 0 heterocycles. The number of benzene rings is 2. The second-order valence-corrected chi connectivity index (χ2v) is 7.85. The van der Waals surface area contributed by atoms with Crippen molar-refractivity contribution in [1.29, 1.82) is 0 Å². The minimum Gasteiger partial charge on any atom is -0.464 e. The van der Waals surface area contributed by atoms with Crippen molar-refractivity contribution >= 4 is 40.8 Å². The van der Waals surface area contributed by atoms with Crippen molar-refractivity contribution in [2.24, 2.45) is 5.73 Å². The van der Waals surface area contributed by atoms with Gasteiger partial charge in [-0.25, -0.2) is 9.18 Å². The molecular formula is C24H30Cl2FN3O3. The Morgan fingerprint density at radius 3 is 2.33 bits per heavy atom. The largest absolute Gasteiger partial charge is 0.464 e. The second kappa shape index (κ2) is 14.0. The molecule has 6 nitrogen and oxygen atoms in total. The fourth-order valence-corrected chi connectivity index (χ4v) is 3.45. The average molecular weight is 505 g/mol. The summed E-state index contributed by atoms with van der Waals surface area (Å²) < 4.78 is 71.6. The molecule has 2 aromatic rings. The van der Waals surface area contributed by atoms with Crippen molar-refractivity contribution in [2.75, 3.05) is 36.3 Å². The van der Waals surface area contributed by atoms with Crippen molar-refractivity contribution in [1.82, 2.24) is 5.32 Å². The molecule has 0 saturated carbocycles. The molecule has 0 saturated heterocycles. The molecule has 2 rings (SSSR count). The number of amides is 1. The van der Waals surface area contributed by atoms with Crippen molar-refractivity contribution in [2.45, 2.75) is 31.8 Å². The van der Waals surface area contributed by atoms with Gasteiger partial charge in [0, 0.05) is 41.1 Å². The van der Waals surface area contributed by atoms with E-state index in [0.717, 1.165) is 12.1 Å². The molecule has 9 heteroatoms. The summed E-state index contributed by atoms with van der Waals surface area (Å²) in [6.45, 7) is -5.88. The van der Waals surface area contributed by atoms with Crippen molar-refractivity contribution < 1.29 is 28.3 Å². The van der Waals surface area contributed by atoms with Gasteiger partial charge < -0.3 is 20.7 Å². The first-order chi connectivity index (χ1) is 18.6. The van der Waals surface area contributed by atoms with Gasteiger partial charge in [0.15, 0.2) is 0 Å². The molecule has 0 aliphatic carbocycles. The third kappa shape index (κ3) is 8.84. The summed E-state index contributed by atoms with van der Waals surface area (Å²) in [6, 6.07) is 5.01. The van der Waals surface area contributed by atoms with Gasteiger partial charge in [-0.1, -0.05) is 24.3 Å². The zero-order valence-electron chi connectivity index (χ0n) is 24.7. The number of carbonyl (C=O) groups is 2. The first-order valence-electron chi connectivity index (χ1n) is 13.6. The number of rotatable bonds is 13. The number of carbonyl (C=O) groups excluding carboxylic acids is 2. The summed E-state index contributed by atoms with van der Waals surface area (Å²) >= 11 is 11.7. The van der Waals surface area contributed by atoms with E-state index in [1.807, 2.05) is 0 Å². The first-order valence-corrected chi connectivity index (χ1v) is 11.2. The molecule has 1 amide bonds. The van der Waals surface area contributed by atoms with Crippen molar-refractivity contribution in [3.63, 3.8) is 0 Å². The number of ether oxygens (including phenoxy) is 1. The summed E-state index contributed by atoms with van der Waals surface area (Å²) in [5.74, 6) is -2.24. The van der Waals surface area contributed by atoms with E-state index in [2.05, 4.69) is 10.1 Å². The number of hydrogen-bond acceptors (Lipinski definition) is 5. The van der Waals surface area contributed by atoms with Crippen molar-refractivity contribution in [3.05, 3.63) is 65.4 Å². The molecule has 2 unspecified atom stereocenters. The SMILES string of the molecule is [2H]c1cc(CC(N)C(=O)NC(Cc2ccc(F)cc2)C(=O)OC([2H])([2H])C([2H])([2H])[2H])cc([2H])c1N(CCCl)CCCl. The van der Waals surface area contributed by atoms with Crippen LogP contribution in [0.2, 0.25) is 0 Å². The third-order valence-electron chi connectivity index (χ3n) is 4.71. The standard InChI is InChI=1S/C24H30Cl2FN3O3/c1-2-33-24(32)22(16-18-3-7-19(27)8-4-18)29-23(31)21(28)15-17-5-9-20(10-6-17)30(13-11-25)14-12-26/h3-10,21-22H,2,11-16,28H2,1H3,(H,29,31)/i1D3,2D2,9D,10D. The average Bonchev–Trinajstić information content (AvgIpc) is 2.83. The van der Waals surface area contributed by atoms with E-state index in [1.165, 1.54) is 24.3 Å². The highest BCUT2D eigenvalue weighted by atomic mass is 35.5. The zero-order chi connectivity index (χ0) is 30.3. The van der Waals surface area contributed by atoms with Gasteiger partial charge in [-0.3, -0.25) is 4.79 Å². The number of esters is 1. The Morgan fingerprint density at radius 2 is 1.76 bits per heavy atom. The maximum atomic E-state index is 13.3. The molecule has 0 bridgehead atoms. The van der Waals surface area contributed by atoms with Crippen LogP contribution < -0.4 is 16.0 Å². The van der Waals surface area contributed by atoms with Gasteiger partial charge >= 0.3 is 5.97 Å². The first kappa shape index (κ1) is 18.0. The Labute approximate surface area is 214 Å². The van der Waals surface area contributed by atoms with Gasteiger partial charge in [0.05, 0.1) is 18.1 Å². The van der Waals surface area contributed by atoms with Crippen LogP contribution in [0.15, 0.2) is 48.5 Å². The highest BCUT2D eigenvalue weighted by Crippen LogP contribution is 2.16. The van der Waals surface area contributed by atoms with Gasteiger partial charge in [0.25, 0.3) is 0 Å². The summed E-state index contributed by atoms with van der Waals surface area (Å²) in [4.78, 5) is 27.4. The Bertz CT molecular complexity index is 1140. The molecule has 0 spiro atoms. The molecule has 33 heavy (non-hydrogen) atoms. The highest BCUT2D eigenvalue weighted by molar-refractivity contribution is 6.18. The van der Waals surface area contributed by atoms with E-state index in [9.17, 15) is 14.0 Å². The molecule has 0 aromatic heterocycles. The Morgan fingerprint density at radius 1 is 1.15 bits per heavy atom. The fraction of sp³-hybridized carbons (Fsp3) is 0.417. The van der Waals surface area contributed by atoms with Crippen LogP contribution in [0.1, 0.15) is 27.6 Å². The predicted octanol–water partition coefficient (Wildman–Crippen LogP) is 3.27. The number of nitrogens with zero attached hydrogens (tertiary/aromatic N) is 1. The lowest BCUT2D eigenvalue weighted by Crippen LogP contribution is -2.50. The Kier molecular flexibility index (Phi) is 7.67. The van der Waals surface area contributed by atoms with Crippen LogP contribution in [0, 0.1) is 5.82 Å². The van der Waals surface area contributed by atoms with E-state index in [0.29, 0.717) is 29.9 Å². The summed E-state index contributed by atoms with van der Waals surface area (Å²) in [5, 5.41) is 2.35. The van der Waals surface area contributed by atoms with E-state index < -0.39 is 43.2 Å². The molecule has 2 aromatic carbocycles. The van der Waals surface area contributed by atoms with Crippen LogP contribution in [0.4, 0.5) is 10.1 Å². The van der Waals surface area contributed by atoms with E-state index in [-0.39, 0.29) is 36.7 Å². The van der Waals surface area contributed by atoms with E-state index in [4.69, 9.17) is 38.5 Å². The van der Waals surface area contributed by atoms with Crippen LogP contribution >= 0.6 is 23.2 Å². The van der Waals surface area contributed by atoms with Crippen LogP contribution in [-0.2, 0) is 27.2 Å². The molecule has 3 N–H and O–H groups in total. The normalized spacial score (nSPS) is 16.5. The maximum Gasteiger partial charge on any atom is 0.328 e. The third-order valence-corrected chi connectivity index (χ3v) is 5.05. The lowest BCUT2D eigenvalue weighted by molar-refractivity contribution is -0.147. The molecular weight excluding hydrogens is 468 g/mol. The summed E-state index contributed by atoms with van der Waals surface area (Å²) in [6.07, 6.45) is -0.392. The van der Waals surface area contributed by atoms with Crippen molar-refractivity contribution in [3.8, 4) is 0 Å². The molecule has 2 atom stereocenters. The lowest BCUT2D eigenvalue weighted by Gasteiger charge is -2.23. The molecule has 180 valence electrons. The molecule has 0 aliphatic heterocycles. The minimum absolute atomic E-state index is 0.00926. The van der Waals surface area contributed by atoms with Gasteiger partial charge in [0.1, 0.15) is 11.9 Å². The number of nitrogens with one attached hydrogen (secondary N) is 1. The predicted molar refractivity (Wildman–Crippen MR) is 130 cm³/mol. The quantitative estimate of drug-likeness (QED) is 0.323. The molecule has 0 radical (unpaired) electrons. The Balaban J connectivity index is 2.23. The summed E-state index contributed by atoms with van der Waals surface area (Å²) in [5.41, 5.74) is 7.15. The van der Waals surface area contributed by atoms with Gasteiger partial charge in [0.2, 0.25) is 5.91 Å². The fourth-order valence-electron chi connectivity index (χ4n) is 3.04. The van der Waals surface area contributed by atoms with Crippen LogP contribution in [0.25, 0.3) is 0 Å². The molecule has 0 fully saturated rings. The van der Waals surface area contributed by atoms with Crippen LogP contribution in [0.3, 0.4) is 0 Å². The number of halogens is 3. The minimum atomic E-state index is -3.34. The number of alkyl halides is 2. The lowest BCUT2D eigenvalue weighted by atomic mass is 10.0. The maximum absolute atomic E-state index is 13.3. The molecule has 0 aliphatic rings. The monoisotopic (exact) mass is 504 g/mol. The zero-order valence-corrected chi connectivity index (χ0v) is 19.3. The highest BCUT2D eigenvalue weighted by Gasteiger charge is 2.25. The number of nitrogens with two attached hydrogens (primary N) is 1. The van der Waals surface area contributed by atoms with Crippen LogP contribution in [0.5, 0.6) is 0 Å². The van der Waals surface area contributed by atoms with Crippen LogP contribution in [-0.4, -0.2) is 55.4 Å². The number of anilines is 1. The van der Waals surface area contributed by atoms with Gasteiger partial charge in [-0.15, -0.1) is 23.2 Å². The smallest absolute Gasteiger partial charge is 0.328 e. The van der Waals surface area contributed by atoms with E-state index >= 15 is 0 Å². The Hall–Kier alpha value is -2.35. The summed E-state index contributed by atoms with van der Waals surface area (Å²) in [7, 11) is 0. The second-order valence-electron chi connectivity index (χ2n) is 7.09. The van der Waals surface area contributed by atoms with Gasteiger partial charge in [-0.05, 0) is 48.6 Å². The number of hydrogen-bond donors (Lipinski definition) is 2.